The van der Waals surface area contributed by atoms with E-state index in [1.165, 1.54) is 12.8 Å². The number of allylic oxidation sites excluding steroid dienone is 1. The fourth-order valence-corrected chi connectivity index (χ4v) is 11.1. The van der Waals surface area contributed by atoms with E-state index in [9.17, 15) is 15.0 Å². The molecular weight excluding hydrogens is 839 g/mol. The number of carbonyl (C=O) groups excluding carboxylic acids is 2. The SMILES string of the molecule is C=CCO[C@@]12Oc3ccc(OC(=O)NCC)cc3[C@H]3[C@H](CCCCO)[C@@H](CCCCO)C=C(C(=NOCc4ccccc4)C[C@@H]1N(Cc1ccc4c(c1)OCO4)C(=O)CCC1CCCC1)[C@H]32. The van der Waals surface area contributed by atoms with Crippen molar-refractivity contribution < 1.29 is 48.3 Å². The Bertz CT molecular complexity index is 2190. The molecule has 0 radical (unpaired) electrons. The Hall–Kier alpha value is -5.37. The second-order valence-electron chi connectivity index (χ2n) is 18.3. The summed E-state index contributed by atoms with van der Waals surface area (Å²) in [5, 5.41) is 27.8. The number of amides is 2. The molecular formula is C53H67N3O10. The number of nitrogens with one attached hydrogen (secondary N) is 1. The fraction of sp³-hybridized carbons (Fsp3) is 0.528. The van der Waals surface area contributed by atoms with E-state index < -0.39 is 23.8 Å². The van der Waals surface area contributed by atoms with Crippen LogP contribution in [0.2, 0.25) is 0 Å². The Morgan fingerprint density at radius 2 is 1.70 bits per heavy atom. The first-order valence-corrected chi connectivity index (χ1v) is 24.2. The van der Waals surface area contributed by atoms with E-state index in [0.29, 0.717) is 60.4 Å². The summed E-state index contributed by atoms with van der Waals surface area (Å²) >= 11 is 0. The lowest BCUT2D eigenvalue weighted by Gasteiger charge is -2.60. The number of hydrogen-bond acceptors (Lipinski definition) is 11. The van der Waals surface area contributed by atoms with E-state index in [2.05, 4.69) is 18.0 Å². The summed E-state index contributed by atoms with van der Waals surface area (Å²) in [6.07, 6.45) is 14.0. The van der Waals surface area contributed by atoms with Gasteiger partial charge in [-0.2, -0.15) is 0 Å². The summed E-state index contributed by atoms with van der Waals surface area (Å²) < 4.78 is 32.1. The first kappa shape index (κ1) is 47.1. The minimum absolute atomic E-state index is 0.00283. The summed E-state index contributed by atoms with van der Waals surface area (Å²) in [4.78, 5) is 36.5. The molecule has 2 saturated carbocycles. The standard InChI is InChI=1S/C53H67N3O10/c1-3-28-63-53-48(56(49(59)25-21-36-14-8-9-15-36)33-38-20-23-46-47(29-38)62-35-61-46)32-44(55-64-34-37-16-6-5-7-17-37)42-30-39(18-10-12-26-57)41(19-11-13-27-58)50(51(42)53)43-31-40(22-24-45(43)66-53)65-52(60)54-4-2/h3,5-7,16-17,20,22-24,29-31,36,39,41,48,50-51,57-58H,1,4,8-15,18-19,21,25-28,32-35H2,2H3,(H,54,60)/t39-,41+,48-,50+,51+,53+/m0/s1. The Balaban J connectivity index is 1.32. The molecule has 354 valence electrons. The maximum Gasteiger partial charge on any atom is 0.412 e. The summed E-state index contributed by atoms with van der Waals surface area (Å²) in [7, 11) is 0. The zero-order valence-corrected chi connectivity index (χ0v) is 38.4. The van der Waals surface area contributed by atoms with Gasteiger partial charge < -0.3 is 49.0 Å². The van der Waals surface area contributed by atoms with Gasteiger partial charge >= 0.3 is 6.09 Å². The number of nitrogens with zero attached hydrogens (tertiary/aromatic N) is 2. The lowest BCUT2D eigenvalue weighted by molar-refractivity contribution is -0.258. The molecule has 5 aliphatic rings. The van der Waals surface area contributed by atoms with Gasteiger partial charge in [-0.05, 0) is 104 Å². The Morgan fingerprint density at radius 1 is 0.924 bits per heavy atom. The van der Waals surface area contributed by atoms with Crippen LogP contribution in [0.4, 0.5) is 4.79 Å². The third-order valence-electron chi connectivity index (χ3n) is 14.2. The molecule has 0 unspecified atom stereocenters. The Kier molecular flexibility index (Phi) is 16.0. The topological polar surface area (TPSA) is 158 Å². The highest BCUT2D eigenvalue weighted by molar-refractivity contribution is 6.03. The van der Waals surface area contributed by atoms with Crippen LogP contribution >= 0.6 is 0 Å². The molecule has 0 spiro atoms. The van der Waals surface area contributed by atoms with Crippen molar-refractivity contribution in [2.45, 2.75) is 121 Å². The van der Waals surface area contributed by atoms with Crippen molar-refractivity contribution in [1.29, 1.82) is 0 Å². The predicted molar refractivity (Wildman–Crippen MR) is 250 cm³/mol. The molecule has 8 rings (SSSR count). The molecule has 13 nitrogen and oxygen atoms in total. The molecule has 2 heterocycles. The van der Waals surface area contributed by atoms with Crippen molar-refractivity contribution >= 4 is 17.7 Å². The minimum Gasteiger partial charge on any atom is -0.459 e. The van der Waals surface area contributed by atoms with Crippen molar-refractivity contribution in [2.75, 3.05) is 33.2 Å². The lowest BCUT2D eigenvalue weighted by atomic mass is 9.55. The number of benzene rings is 3. The highest BCUT2D eigenvalue weighted by Crippen LogP contribution is 2.62. The summed E-state index contributed by atoms with van der Waals surface area (Å²) in [6, 6.07) is 20.6. The maximum absolute atomic E-state index is 15.3. The van der Waals surface area contributed by atoms with Crippen LogP contribution in [0.1, 0.15) is 113 Å². The summed E-state index contributed by atoms with van der Waals surface area (Å²) in [6.45, 7) is 7.28. The zero-order chi connectivity index (χ0) is 45.9. The average molecular weight is 906 g/mol. The number of aliphatic hydroxyl groups excluding tert-OH is 2. The number of ether oxygens (including phenoxy) is 5. The van der Waals surface area contributed by atoms with Gasteiger partial charge in [-0.25, -0.2) is 4.79 Å². The molecule has 13 heteroatoms. The predicted octanol–water partition coefficient (Wildman–Crippen LogP) is 9.36. The lowest BCUT2D eigenvalue weighted by Crippen LogP contribution is -2.70. The van der Waals surface area contributed by atoms with Gasteiger partial charge in [0.05, 0.1) is 18.2 Å². The van der Waals surface area contributed by atoms with Gasteiger partial charge in [0, 0.05) is 50.6 Å². The van der Waals surface area contributed by atoms with E-state index in [1.54, 1.807) is 12.1 Å². The van der Waals surface area contributed by atoms with Crippen LogP contribution in [0.3, 0.4) is 0 Å². The van der Waals surface area contributed by atoms with E-state index in [0.717, 1.165) is 67.2 Å². The van der Waals surface area contributed by atoms with Crippen molar-refractivity contribution in [3.63, 3.8) is 0 Å². The van der Waals surface area contributed by atoms with Crippen LogP contribution in [0, 0.1) is 23.7 Å². The highest BCUT2D eigenvalue weighted by atomic mass is 16.7. The molecule has 3 aromatic carbocycles. The number of fused-ring (bicyclic) bond motifs is 3. The molecule has 66 heavy (non-hydrogen) atoms. The monoisotopic (exact) mass is 905 g/mol. The van der Waals surface area contributed by atoms with Crippen molar-refractivity contribution in [3.8, 4) is 23.0 Å². The van der Waals surface area contributed by atoms with Crippen molar-refractivity contribution in [3.05, 3.63) is 108 Å². The minimum atomic E-state index is -1.44. The Morgan fingerprint density at radius 3 is 2.47 bits per heavy atom. The average Bonchev–Trinajstić information content (AvgIpc) is 4.04. The second kappa shape index (κ2) is 22.4. The molecule has 3 aromatic rings. The van der Waals surface area contributed by atoms with E-state index in [-0.39, 0.29) is 69.8 Å². The first-order valence-electron chi connectivity index (χ1n) is 24.2. The number of hydrogen-bond donors (Lipinski definition) is 3. The van der Waals surface area contributed by atoms with Crippen LogP contribution in [-0.2, 0) is 27.5 Å². The quantitative estimate of drug-likeness (QED) is 0.0504. The fourth-order valence-electron chi connectivity index (χ4n) is 11.1. The number of carbonyl (C=O) groups is 2. The number of unbranched alkanes of at least 4 members (excludes halogenated alkanes) is 2. The Labute approximate surface area is 389 Å². The summed E-state index contributed by atoms with van der Waals surface area (Å²) in [5.74, 6) is 0.550. The highest BCUT2D eigenvalue weighted by Gasteiger charge is 2.65. The van der Waals surface area contributed by atoms with Crippen LogP contribution in [0.5, 0.6) is 23.0 Å². The smallest absolute Gasteiger partial charge is 0.412 e. The molecule has 0 saturated heterocycles. The number of oxime groups is 1. The molecule has 2 aliphatic heterocycles. The maximum atomic E-state index is 15.3. The summed E-state index contributed by atoms with van der Waals surface area (Å²) in [5.41, 5.74) is 4.36. The molecule has 2 amide bonds. The van der Waals surface area contributed by atoms with Gasteiger partial charge in [-0.3, -0.25) is 4.79 Å². The van der Waals surface area contributed by atoms with E-state index in [4.69, 9.17) is 33.7 Å². The van der Waals surface area contributed by atoms with Gasteiger partial charge in [0.25, 0.3) is 0 Å². The first-order chi connectivity index (χ1) is 32.3. The normalized spacial score (nSPS) is 24.4. The van der Waals surface area contributed by atoms with E-state index in [1.807, 2.05) is 72.5 Å². The third kappa shape index (κ3) is 10.6. The largest absolute Gasteiger partial charge is 0.459 e. The molecule has 2 fully saturated rings. The van der Waals surface area contributed by atoms with Gasteiger partial charge in [0.15, 0.2) is 11.5 Å². The molecule has 0 aromatic heterocycles. The van der Waals surface area contributed by atoms with Crippen molar-refractivity contribution in [1.82, 2.24) is 10.2 Å². The third-order valence-corrected chi connectivity index (χ3v) is 14.2. The zero-order valence-electron chi connectivity index (χ0n) is 38.4. The number of aliphatic hydroxyl groups is 2. The van der Waals surface area contributed by atoms with Gasteiger partial charge in [0.1, 0.15) is 24.1 Å². The van der Waals surface area contributed by atoms with Crippen LogP contribution in [0.25, 0.3) is 0 Å². The van der Waals surface area contributed by atoms with Crippen LogP contribution in [-0.4, -0.2) is 77.8 Å². The molecule has 6 atom stereocenters. The van der Waals surface area contributed by atoms with Gasteiger partial charge in [0.2, 0.25) is 18.5 Å². The second-order valence-corrected chi connectivity index (χ2v) is 18.3. The van der Waals surface area contributed by atoms with Gasteiger partial charge in [-0.1, -0.05) is 92.2 Å². The van der Waals surface area contributed by atoms with Crippen LogP contribution < -0.4 is 24.3 Å². The molecule has 0 bridgehead atoms. The van der Waals surface area contributed by atoms with Gasteiger partial charge in [-0.15, -0.1) is 6.58 Å². The van der Waals surface area contributed by atoms with Crippen molar-refractivity contribution in [2.24, 2.45) is 28.8 Å². The molecule has 3 aliphatic carbocycles. The van der Waals surface area contributed by atoms with E-state index >= 15 is 4.79 Å². The number of rotatable bonds is 22. The van der Waals surface area contributed by atoms with Crippen LogP contribution in [0.15, 0.2) is 96.2 Å². The molecule has 3 N–H and O–H groups in total.